The van der Waals surface area contributed by atoms with Gasteiger partial charge < -0.3 is 5.32 Å². The molecule has 0 radical (unpaired) electrons. The molecule has 0 spiro atoms. The van der Waals surface area contributed by atoms with Gasteiger partial charge in [0.15, 0.2) is 0 Å². The minimum absolute atomic E-state index is 0.0165. The van der Waals surface area contributed by atoms with Crippen LogP contribution in [0, 0.1) is 0 Å². The molecule has 0 amide bonds. The molecular formula is C12H23F3N2. The van der Waals surface area contributed by atoms with Gasteiger partial charge in [0.1, 0.15) is 0 Å². The Kier molecular flexibility index (Phi) is 5.73. The average Bonchev–Trinajstić information content (AvgIpc) is 2.26. The SMILES string of the molecule is CCN(CC(F)(F)F)C(C)CC1CCCCN1. The van der Waals surface area contributed by atoms with Crippen LogP contribution >= 0.6 is 0 Å². The molecule has 1 N–H and O–H groups in total. The summed E-state index contributed by atoms with van der Waals surface area (Å²) in [6.07, 6.45) is 0.183. The maximum Gasteiger partial charge on any atom is 0.401 e. The summed E-state index contributed by atoms with van der Waals surface area (Å²) in [6, 6.07) is 0.373. The first-order valence-electron chi connectivity index (χ1n) is 6.46. The Morgan fingerprint density at radius 3 is 2.53 bits per heavy atom. The van der Waals surface area contributed by atoms with E-state index in [0.29, 0.717) is 12.6 Å². The lowest BCUT2D eigenvalue weighted by molar-refractivity contribution is -0.150. The first kappa shape index (κ1) is 14.8. The van der Waals surface area contributed by atoms with E-state index >= 15 is 0 Å². The van der Waals surface area contributed by atoms with Gasteiger partial charge >= 0.3 is 6.18 Å². The van der Waals surface area contributed by atoms with Gasteiger partial charge in [-0.15, -0.1) is 0 Å². The zero-order valence-electron chi connectivity index (χ0n) is 10.7. The molecule has 102 valence electrons. The fourth-order valence-corrected chi connectivity index (χ4v) is 2.50. The van der Waals surface area contributed by atoms with E-state index in [-0.39, 0.29) is 6.04 Å². The topological polar surface area (TPSA) is 15.3 Å². The molecule has 0 aromatic rings. The normalized spacial score (nSPS) is 24.0. The Morgan fingerprint density at radius 1 is 1.35 bits per heavy atom. The second kappa shape index (κ2) is 6.59. The minimum Gasteiger partial charge on any atom is -0.314 e. The van der Waals surface area contributed by atoms with Crippen LogP contribution in [0.15, 0.2) is 0 Å². The van der Waals surface area contributed by atoms with Crippen LogP contribution < -0.4 is 5.32 Å². The van der Waals surface area contributed by atoms with Crippen molar-refractivity contribution in [3.05, 3.63) is 0 Å². The minimum atomic E-state index is -4.09. The highest BCUT2D eigenvalue weighted by molar-refractivity contribution is 4.79. The zero-order valence-corrected chi connectivity index (χ0v) is 10.7. The van der Waals surface area contributed by atoms with E-state index in [2.05, 4.69) is 5.32 Å². The zero-order chi connectivity index (χ0) is 12.9. The first-order chi connectivity index (χ1) is 7.92. The molecule has 1 aliphatic heterocycles. The van der Waals surface area contributed by atoms with Crippen LogP contribution in [0.1, 0.15) is 39.5 Å². The van der Waals surface area contributed by atoms with Gasteiger partial charge in [0.05, 0.1) is 6.54 Å². The first-order valence-corrected chi connectivity index (χ1v) is 6.46. The molecule has 0 saturated carbocycles. The Balaban J connectivity index is 2.39. The second-order valence-corrected chi connectivity index (χ2v) is 4.91. The molecule has 0 aromatic carbocycles. The monoisotopic (exact) mass is 252 g/mol. The van der Waals surface area contributed by atoms with Crippen LogP contribution in [0.2, 0.25) is 0 Å². The van der Waals surface area contributed by atoms with Gasteiger partial charge in [0.2, 0.25) is 0 Å². The second-order valence-electron chi connectivity index (χ2n) is 4.91. The fraction of sp³-hybridized carbons (Fsp3) is 1.00. The molecule has 0 aromatic heterocycles. The van der Waals surface area contributed by atoms with Gasteiger partial charge in [-0.1, -0.05) is 13.3 Å². The van der Waals surface area contributed by atoms with Crippen LogP contribution in [-0.2, 0) is 0 Å². The number of halogens is 3. The van der Waals surface area contributed by atoms with Crippen LogP contribution in [0.3, 0.4) is 0 Å². The van der Waals surface area contributed by atoms with E-state index in [4.69, 9.17) is 0 Å². The van der Waals surface area contributed by atoms with Crippen molar-refractivity contribution in [3.8, 4) is 0 Å². The number of alkyl halides is 3. The molecule has 17 heavy (non-hydrogen) atoms. The molecular weight excluding hydrogens is 229 g/mol. The number of rotatable bonds is 5. The Hall–Kier alpha value is -0.290. The van der Waals surface area contributed by atoms with Crippen LogP contribution in [0.5, 0.6) is 0 Å². The summed E-state index contributed by atoms with van der Waals surface area (Å²) < 4.78 is 37.1. The van der Waals surface area contributed by atoms with E-state index in [1.807, 2.05) is 6.92 Å². The van der Waals surface area contributed by atoms with Crippen molar-refractivity contribution in [3.63, 3.8) is 0 Å². The molecule has 2 nitrogen and oxygen atoms in total. The Labute approximate surface area is 102 Å². The van der Waals surface area contributed by atoms with Gasteiger partial charge in [-0.05, 0) is 39.3 Å². The molecule has 0 aliphatic carbocycles. The third-order valence-electron chi connectivity index (χ3n) is 3.45. The molecule has 2 unspecified atom stereocenters. The number of nitrogens with zero attached hydrogens (tertiary/aromatic N) is 1. The van der Waals surface area contributed by atoms with Crippen molar-refractivity contribution in [2.45, 2.75) is 57.8 Å². The summed E-state index contributed by atoms with van der Waals surface area (Å²) in [5.74, 6) is 0. The predicted octanol–water partition coefficient (Wildman–Crippen LogP) is 2.79. The molecule has 1 heterocycles. The molecule has 5 heteroatoms. The number of hydrogen-bond donors (Lipinski definition) is 1. The van der Waals surface area contributed by atoms with E-state index in [0.717, 1.165) is 19.4 Å². The highest BCUT2D eigenvalue weighted by Gasteiger charge is 2.32. The van der Waals surface area contributed by atoms with Crippen molar-refractivity contribution in [1.29, 1.82) is 0 Å². The Bertz CT molecular complexity index is 212. The summed E-state index contributed by atoms with van der Waals surface area (Å²) in [6.45, 7) is 4.34. The quantitative estimate of drug-likeness (QED) is 0.809. The maximum atomic E-state index is 12.4. The molecule has 0 bridgehead atoms. The van der Waals surface area contributed by atoms with Gasteiger partial charge in [0.25, 0.3) is 0 Å². The molecule has 1 rings (SSSR count). The van der Waals surface area contributed by atoms with Gasteiger partial charge in [0, 0.05) is 12.1 Å². The highest BCUT2D eigenvalue weighted by Crippen LogP contribution is 2.20. The maximum absolute atomic E-state index is 12.4. The predicted molar refractivity (Wildman–Crippen MR) is 63.0 cm³/mol. The fourth-order valence-electron chi connectivity index (χ4n) is 2.50. The molecule has 2 atom stereocenters. The van der Waals surface area contributed by atoms with Crippen LogP contribution in [0.4, 0.5) is 13.2 Å². The number of nitrogens with one attached hydrogen (secondary N) is 1. The Morgan fingerprint density at radius 2 is 2.06 bits per heavy atom. The molecule has 1 saturated heterocycles. The summed E-state index contributed by atoms with van der Waals surface area (Å²) in [5, 5.41) is 3.38. The van der Waals surface area contributed by atoms with Crippen molar-refractivity contribution in [1.82, 2.24) is 10.2 Å². The van der Waals surface area contributed by atoms with Gasteiger partial charge in [-0.3, -0.25) is 4.90 Å². The lowest BCUT2D eigenvalue weighted by Crippen LogP contribution is -2.45. The van der Waals surface area contributed by atoms with Gasteiger partial charge in [-0.25, -0.2) is 0 Å². The average molecular weight is 252 g/mol. The van der Waals surface area contributed by atoms with Crippen molar-refractivity contribution in [2.75, 3.05) is 19.6 Å². The van der Waals surface area contributed by atoms with E-state index in [9.17, 15) is 13.2 Å². The van der Waals surface area contributed by atoms with E-state index in [1.54, 1.807) is 6.92 Å². The largest absolute Gasteiger partial charge is 0.401 e. The summed E-state index contributed by atoms with van der Waals surface area (Å²) in [5.41, 5.74) is 0. The number of hydrogen-bond acceptors (Lipinski definition) is 2. The van der Waals surface area contributed by atoms with Crippen molar-refractivity contribution < 1.29 is 13.2 Å². The van der Waals surface area contributed by atoms with Crippen molar-refractivity contribution in [2.24, 2.45) is 0 Å². The van der Waals surface area contributed by atoms with E-state index in [1.165, 1.54) is 17.7 Å². The van der Waals surface area contributed by atoms with Crippen LogP contribution in [-0.4, -0.2) is 42.8 Å². The van der Waals surface area contributed by atoms with Crippen molar-refractivity contribution >= 4 is 0 Å². The lowest BCUT2D eigenvalue weighted by atomic mass is 9.98. The highest BCUT2D eigenvalue weighted by atomic mass is 19.4. The molecule has 1 aliphatic rings. The molecule has 1 fully saturated rings. The smallest absolute Gasteiger partial charge is 0.314 e. The standard InChI is InChI=1S/C12H23F3N2/c1-3-17(9-12(13,14)15)10(2)8-11-6-4-5-7-16-11/h10-11,16H,3-9H2,1-2H3. The van der Waals surface area contributed by atoms with E-state index < -0.39 is 12.7 Å². The third-order valence-corrected chi connectivity index (χ3v) is 3.45. The third kappa shape index (κ3) is 5.73. The summed E-state index contributed by atoms with van der Waals surface area (Å²) >= 11 is 0. The van der Waals surface area contributed by atoms with Gasteiger partial charge in [-0.2, -0.15) is 13.2 Å². The lowest BCUT2D eigenvalue weighted by Gasteiger charge is -2.33. The summed E-state index contributed by atoms with van der Waals surface area (Å²) in [4.78, 5) is 1.51. The summed E-state index contributed by atoms with van der Waals surface area (Å²) in [7, 11) is 0. The number of piperidine rings is 1. The van der Waals surface area contributed by atoms with Crippen LogP contribution in [0.25, 0.3) is 0 Å².